The SMILES string of the molecule is C=C(CNC(=O)Nc1ccc(F)c(C(F)(F)F)c1)c1cc(Cl)ccn1. The number of pyridine rings is 1. The van der Waals surface area contributed by atoms with Gasteiger partial charge in [-0.25, -0.2) is 9.18 Å². The predicted octanol–water partition coefficient (Wildman–Crippen LogP) is 4.73. The first-order valence-electron chi connectivity index (χ1n) is 6.88. The molecule has 0 unspecified atom stereocenters. The highest BCUT2D eigenvalue weighted by molar-refractivity contribution is 6.30. The Labute approximate surface area is 145 Å². The van der Waals surface area contributed by atoms with Gasteiger partial charge in [-0.15, -0.1) is 0 Å². The lowest BCUT2D eigenvalue weighted by Gasteiger charge is -2.12. The van der Waals surface area contributed by atoms with Crippen LogP contribution in [0.2, 0.25) is 5.02 Å². The van der Waals surface area contributed by atoms with Crippen LogP contribution in [-0.4, -0.2) is 17.6 Å². The molecule has 0 radical (unpaired) electrons. The minimum atomic E-state index is -4.86. The zero-order valence-electron chi connectivity index (χ0n) is 12.6. The maximum atomic E-state index is 13.2. The number of nitrogens with one attached hydrogen (secondary N) is 2. The molecule has 1 aromatic carbocycles. The molecule has 0 bridgehead atoms. The van der Waals surface area contributed by atoms with Gasteiger partial charge in [0.25, 0.3) is 0 Å². The smallest absolute Gasteiger partial charge is 0.334 e. The largest absolute Gasteiger partial charge is 0.419 e. The lowest BCUT2D eigenvalue weighted by atomic mass is 10.2. The normalized spacial score (nSPS) is 11.1. The van der Waals surface area contributed by atoms with Crippen molar-refractivity contribution < 1.29 is 22.4 Å². The van der Waals surface area contributed by atoms with Crippen molar-refractivity contribution in [3.8, 4) is 0 Å². The molecule has 1 aromatic heterocycles. The van der Waals surface area contributed by atoms with E-state index in [1.165, 1.54) is 6.20 Å². The molecular formula is C16H12ClF4N3O. The molecule has 0 aliphatic rings. The summed E-state index contributed by atoms with van der Waals surface area (Å²) in [6, 6.07) is 4.53. The number of nitrogens with zero attached hydrogens (tertiary/aromatic N) is 1. The van der Waals surface area contributed by atoms with Gasteiger partial charge < -0.3 is 10.6 Å². The summed E-state index contributed by atoms with van der Waals surface area (Å²) in [7, 11) is 0. The molecule has 4 nitrogen and oxygen atoms in total. The van der Waals surface area contributed by atoms with Gasteiger partial charge in [-0.05, 0) is 35.9 Å². The second-order valence-electron chi connectivity index (χ2n) is 4.96. The highest BCUT2D eigenvalue weighted by atomic mass is 35.5. The number of hydrogen-bond acceptors (Lipinski definition) is 2. The lowest BCUT2D eigenvalue weighted by Crippen LogP contribution is -2.30. The van der Waals surface area contributed by atoms with Gasteiger partial charge in [0.1, 0.15) is 5.82 Å². The first-order valence-corrected chi connectivity index (χ1v) is 7.26. The Morgan fingerprint density at radius 1 is 1.24 bits per heavy atom. The van der Waals surface area contributed by atoms with Gasteiger partial charge in [0, 0.05) is 23.5 Å². The van der Waals surface area contributed by atoms with Gasteiger partial charge >= 0.3 is 12.2 Å². The zero-order chi connectivity index (χ0) is 18.6. The summed E-state index contributed by atoms with van der Waals surface area (Å²) in [4.78, 5) is 15.8. The Bertz CT molecular complexity index is 808. The Morgan fingerprint density at radius 2 is 1.96 bits per heavy atom. The van der Waals surface area contributed by atoms with Crippen molar-refractivity contribution in [2.45, 2.75) is 6.18 Å². The molecule has 2 rings (SSSR count). The minimum absolute atomic E-state index is 0.00744. The summed E-state index contributed by atoms with van der Waals surface area (Å²) in [6.45, 7) is 3.73. The number of carbonyl (C=O) groups is 1. The van der Waals surface area contributed by atoms with Crippen LogP contribution in [0.5, 0.6) is 0 Å². The molecule has 2 N–H and O–H groups in total. The van der Waals surface area contributed by atoms with E-state index in [1.54, 1.807) is 12.1 Å². The van der Waals surface area contributed by atoms with E-state index in [1.807, 2.05) is 0 Å². The molecule has 1 heterocycles. The molecule has 0 saturated carbocycles. The fourth-order valence-electron chi connectivity index (χ4n) is 1.87. The van der Waals surface area contributed by atoms with Crippen LogP contribution >= 0.6 is 11.6 Å². The maximum absolute atomic E-state index is 13.2. The lowest BCUT2D eigenvalue weighted by molar-refractivity contribution is -0.139. The molecule has 2 amide bonds. The molecule has 0 aliphatic carbocycles. The molecular weight excluding hydrogens is 362 g/mol. The second kappa shape index (κ2) is 7.52. The second-order valence-corrected chi connectivity index (χ2v) is 5.40. The average Bonchev–Trinajstić information content (AvgIpc) is 2.53. The van der Waals surface area contributed by atoms with Crippen molar-refractivity contribution in [2.24, 2.45) is 0 Å². The standard InChI is InChI=1S/C16H12ClF4N3O/c1-9(14-6-10(17)4-5-22-14)8-23-15(25)24-11-2-3-13(18)12(7-11)16(19,20)21/h2-7H,1,8H2,(H2,23,24,25). The first kappa shape index (κ1) is 18.7. The molecule has 0 fully saturated rings. The highest BCUT2D eigenvalue weighted by Gasteiger charge is 2.34. The summed E-state index contributed by atoms with van der Waals surface area (Å²) < 4.78 is 51.1. The maximum Gasteiger partial charge on any atom is 0.419 e. The number of benzene rings is 1. The fourth-order valence-corrected chi connectivity index (χ4v) is 2.03. The van der Waals surface area contributed by atoms with Crippen LogP contribution < -0.4 is 10.6 Å². The van der Waals surface area contributed by atoms with E-state index in [9.17, 15) is 22.4 Å². The Hall–Kier alpha value is -2.61. The van der Waals surface area contributed by atoms with Crippen molar-refractivity contribution in [3.63, 3.8) is 0 Å². The van der Waals surface area contributed by atoms with E-state index >= 15 is 0 Å². The van der Waals surface area contributed by atoms with Crippen LogP contribution in [0.15, 0.2) is 43.1 Å². The van der Waals surface area contributed by atoms with Crippen LogP contribution in [0.1, 0.15) is 11.3 Å². The minimum Gasteiger partial charge on any atom is -0.334 e. The predicted molar refractivity (Wildman–Crippen MR) is 86.7 cm³/mol. The molecule has 0 aliphatic heterocycles. The summed E-state index contributed by atoms with van der Waals surface area (Å²) >= 11 is 5.82. The van der Waals surface area contributed by atoms with Crippen molar-refractivity contribution in [1.29, 1.82) is 0 Å². The number of amides is 2. The number of urea groups is 1. The molecule has 2 aromatic rings. The average molecular weight is 374 g/mol. The van der Waals surface area contributed by atoms with E-state index in [4.69, 9.17) is 11.6 Å². The monoisotopic (exact) mass is 373 g/mol. The third-order valence-corrected chi connectivity index (χ3v) is 3.31. The van der Waals surface area contributed by atoms with Gasteiger partial charge in [0.05, 0.1) is 11.3 Å². The van der Waals surface area contributed by atoms with E-state index in [0.717, 1.165) is 6.07 Å². The van der Waals surface area contributed by atoms with Gasteiger partial charge in [-0.3, -0.25) is 4.98 Å². The number of rotatable bonds is 4. The molecule has 0 spiro atoms. The topological polar surface area (TPSA) is 54.0 Å². The molecule has 0 atom stereocenters. The van der Waals surface area contributed by atoms with E-state index in [2.05, 4.69) is 22.2 Å². The molecule has 9 heteroatoms. The highest BCUT2D eigenvalue weighted by Crippen LogP contribution is 2.32. The third kappa shape index (κ3) is 5.18. The summed E-state index contributed by atoms with van der Waals surface area (Å²) in [5.74, 6) is -1.42. The Balaban J connectivity index is 1.98. The van der Waals surface area contributed by atoms with Crippen molar-refractivity contribution in [3.05, 3.63) is 65.2 Å². The van der Waals surface area contributed by atoms with Gasteiger partial charge in [0.2, 0.25) is 0 Å². The van der Waals surface area contributed by atoms with Gasteiger partial charge in [-0.2, -0.15) is 13.2 Å². The zero-order valence-corrected chi connectivity index (χ0v) is 13.4. The summed E-state index contributed by atoms with van der Waals surface area (Å²) in [6.07, 6.45) is -3.38. The molecule has 25 heavy (non-hydrogen) atoms. The Kier molecular flexibility index (Phi) is 5.63. The van der Waals surface area contributed by atoms with Crippen LogP contribution in [0, 0.1) is 5.82 Å². The summed E-state index contributed by atoms with van der Waals surface area (Å²) in [5, 5.41) is 5.06. The molecule has 0 saturated heterocycles. The van der Waals surface area contributed by atoms with Crippen molar-refractivity contribution >= 4 is 28.9 Å². The molecule has 132 valence electrons. The number of hydrogen-bond donors (Lipinski definition) is 2. The van der Waals surface area contributed by atoms with Crippen LogP contribution in [0.4, 0.5) is 28.0 Å². The number of aromatic nitrogens is 1. The fraction of sp³-hybridized carbons (Fsp3) is 0.125. The number of halogens is 5. The van der Waals surface area contributed by atoms with Crippen LogP contribution in [0.3, 0.4) is 0 Å². The summed E-state index contributed by atoms with van der Waals surface area (Å²) in [5.41, 5.74) is -0.739. The third-order valence-electron chi connectivity index (χ3n) is 3.08. The van der Waals surface area contributed by atoms with Crippen molar-refractivity contribution in [1.82, 2.24) is 10.3 Å². The van der Waals surface area contributed by atoms with E-state index in [-0.39, 0.29) is 12.2 Å². The van der Waals surface area contributed by atoms with E-state index in [0.29, 0.717) is 28.4 Å². The van der Waals surface area contributed by atoms with Crippen LogP contribution in [0.25, 0.3) is 5.57 Å². The van der Waals surface area contributed by atoms with Crippen molar-refractivity contribution in [2.75, 3.05) is 11.9 Å². The number of anilines is 1. The Morgan fingerprint density at radius 3 is 2.60 bits per heavy atom. The number of alkyl halides is 3. The first-order chi connectivity index (χ1) is 11.7. The van der Waals surface area contributed by atoms with Gasteiger partial charge in [0.15, 0.2) is 0 Å². The van der Waals surface area contributed by atoms with E-state index < -0.39 is 23.6 Å². The number of carbonyl (C=O) groups excluding carboxylic acids is 1. The van der Waals surface area contributed by atoms with Gasteiger partial charge in [-0.1, -0.05) is 18.2 Å². The quantitative estimate of drug-likeness (QED) is 0.761. The van der Waals surface area contributed by atoms with Crippen LogP contribution in [-0.2, 0) is 6.18 Å².